The maximum absolute atomic E-state index is 7.22. The van der Waals surface area contributed by atoms with Gasteiger partial charge < -0.3 is 4.90 Å². The molecule has 1 rings (SSSR count). The lowest BCUT2D eigenvalue weighted by atomic mass is 10.4. The van der Waals surface area contributed by atoms with Crippen molar-refractivity contribution in [1.29, 1.82) is 0 Å². The molecule has 0 saturated carbocycles. The third-order valence-electron chi connectivity index (χ3n) is 1.30. The second kappa shape index (κ2) is 2.74. The van der Waals surface area contributed by atoms with E-state index in [0.29, 0.717) is 0 Å². The molecular formula is C7H11N4. The molecule has 0 amide bonds. The van der Waals surface area contributed by atoms with Gasteiger partial charge in [-0.25, -0.2) is 4.98 Å². The van der Waals surface area contributed by atoms with Crippen molar-refractivity contribution >= 4 is 11.8 Å². The molecule has 0 aromatic carbocycles. The highest BCUT2D eigenvalue weighted by molar-refractivity contribution is 5.40. The van der Waals surface area contributed by atoms with Gasteiger partial charge >= 0.3 is 0 Å². The first-order valence-electron chi connectivity index (χ1n) is 3.34. The van der Waals surface area contributed by atoms with Crippen molar-refractivity contribution in [3.05, 3.63) is 11.8 Å². The fourth-order valence-electron chi connectivity index (χ4n) is 0.781. The number of aromatic nitrogens is 2. The van der Waals surface area contributed by atoms with Crippen LogP contribution in [0, 0.1) is 6.92 Å². The van der Waals surface area contributed by atoms with Crippen LogP contribution in [0.2, 0.25) is 0 Å². The van der Waals surface area contributed by atoms with E-state index in [1.54, 1.807) is 0 Å². The molecule has 59 valence electrons. The molecule has 0 aliphatic carbocycles. The van der Waals surface area contributed by atoms with Gasteiger partial charge in [0.2, 0.25) is 5.95 Å². The monoisotopic (exact) mass is 151 g/mol. The lowest BCUT2D eigenvalue weighted by Crippen LogP contribution is -2.11. The minimum atomic E-state index is 0.0775. The van der Waals surface area contributed by atoms with Gasteiger partial charge in [-0.1, -0.05) is 0 Å². The van der Waals surface area contributed by atoms with Gasteiger partial charge in [0.25, 0.3) is 0 Å². The predicted octanol–water partition coefficient (Wildman–Crippen LogP) is 0.765. The average molecular weight is 151 g/mol. The van der Waals surface area contributed by atoms with Crippen LogP contribution in [0.25, 0.3) is 0 Å². The van der Waals surface area contributed by atoms with Gasteiger partial charge in [-0.3, -0.25) is 5.73 Å². The number of rotatable bonds is 1. The van der Waals surface area contributed by atoms with Gasteiger partial charge in [-0.2, -0.15) is 4.98 Å². The van der Waals surface area contributed by atoms with Crippen molar-refractivity contribution in [3.63, 3.8) is 0 Å². The highest BCUT2D eigenvalue weighted by atomic mass is 15.2. The zero-order chi connectivity index (χ0) is 8.43. The Morgan fingerprint density at radius 2 is 2.00 bits per heavy atom. The van der Waals surface area contributed by atoms with E-state index in [9.17, 15) is 0 Å². The molecule has 0 atom stereocenters. The molecule has 1 aromatic heterocycles. The molecule has 1 N–H and O–H groups in total. The van der Waals surface area contributed by atoms with Crippen LogP contribution in [0.5, 0.6) is 0 Å². The van der Waals surface area contributed by atoms with E-state index in [1.807, 2.05) is 32.0 Å². The maximum atomic E-state index is 7.22. The second-order valence-corrected chi connectivity index (χ2v) is 2.59. The number of hydrogen-bond acceptors (Lipinski definition) is 3. The van der Waals surface area contributed by atoms with Crippen LogP contribution in [0.4, 0.5) is 11.8 Å². The summed E-state index contributed by atoms with van der Waals surface area (Å²) in [7, 11) is 3.78. The Hall–Kier alpha value is -1.32. The summed E-state index contributed by atoms with van der Waals surface area (Å²) < 4.78 is 0. The Balaban J connectivity index is 3.08. The van der Waals surface area contributed by atoms with E-state index in [2.05, 4.69) is 9.97 Å². The van der Waals surface area contributed by atoms with Crippen molar-refractivity contribution in [2.45, 2.75) is 6.92 Å². The van der Waals surface area contributed by atoms with Gasteiger partial charge in [0.15, 0.2) is 0 Å². The van der Waals surface area contributed by atoms with Crippen LogP contribution in [-0.2, 0) is 0 Å². The summed E-state index contributed by atoms with van der Waals surface area (Å²) in [5, 5.41) is 0. The van der Waals surface area contributed by atoms with Crippen LogP contribution in [0.15, 0.2) is 6.07 Å². The van der Waals surface area contributed by atoms with Crippen LogP contribution < -0.4 is 10.6 Å². The smallest absolute Gasteiger partial charge is 0.243 e. The Morgan fingerprint density at radius 3 is 2.45 bits per heavy atom. The summed E-state index contributed by atoms with van der Waals surface area (Å²) in [6, 6.07) is 1.85. The van der Waals surface area contributed by atoms with Gasteiger partial charge in [-0.05, 0) is 6.92 Å². The summed E-state index contributed by atoms with van der Waals surface area (Å²) >= 11 is 0. The molecule has 1 radical (unpaired) electrons. The number of anilines is 1. The van der Waals surface area contributed by atoms with Gasteiger partial charge in [0, 0.05) is 25.9 Å². The Morgan fingerprint density at radius 1 is 1.36 bits per heavy atom. The number of hydrogen-bond donors (Lipinski definition) is 0. The first-order valence-corrected chi connectivity index (χ1v) is 3.34. The molecule has 1 heterocycles. The van der Waals surface area contributed by atoms with Crippen LogP contribution in [-0.4, -0.2) is 24.1 Å². The number of nitrogens with one attached hydrogen (secondary N) is 1. The third-order valence-corrected chi connectivity index (χ3v) is 1.30. The first-order chi connectivity index (χ1) is 5.09. The summed E-state index contributed by atoms with van der Waals surface area (Å²) in [5.41, 5.74) is 8.05. The fraction of sp³-hybridized carbons (Fsp3) is 0.429. The van der Waals surface area contributed by atoms with Gasteiger partial charge in [-0.15, -0.1) is 0 Å². The fourth-order valence-corrected chi connectivity index (χ4v) is 0.781. The van der Waals surface area contributed by atoms with Crippen molar-refractivity contribution in [3.8, 4) is 0 Å². The molecule has 4 heteroatoms. The van der Waals surface area contributed by atoms with Gasteiger partial charge in [0.05, 0.1) is 0 Å². The molecule has 0 unspecified atom stereocenters. The van der Waals surface area contributed by atoms with Crippen LogP contribution in [0.1, 0.15) is 5.69 Å². The molecular weight excluding hydrogens is 140 g/mol. The normalized spacial score (nSPS) is 9.73. The van der Waals surface area contributed by atoms with Crippen LogP contribution >= 0.6 is 0 Å². The summed E-state index contributed by atoms with van der Waals surface area (Å²) in [4.78, 5) is 9.61. The summed E-state index contributed by atoms with van der Waals surface area (Å²) in [6.07, 6.45) is 0. The highest BCUT2D eigenvalue weighted by Gasteiger charge is 1.99. The van der Waals surface area contributed by atoms with E-state index in [4.69, 9.17) is 5.73 Å². The molecule has 11 heavy (non-hydrogen) atoms. The molecule has 1 aromatic rings. The van der Waals surface area contributed by atoms with E-state index in [0.717, 1.165) is 11.5 Å². The van der Waals surface area contributed by atoms with E-state index < -0.39 is 0 Å². The van der Waals surface area contributed by atoms with Crippen molar-refractivity contribution in [1.82, 2.24) is 15.7 Å². The number of aryl methyl sites for hydroxylation is 1. The molecule has 0 aliphatic heterocycles. The van der Waals surface area contributed by atoms with E-state index >= 15 is 0 Å². The van der Waals surface area contributed by atoms with Crippen LogP contribution in [0.3, 0.4) is 0 Å². The standard InChI is InChI=1S/C7H11N4/c1-5-4-6(11(2)3)10-7(8)9-5/h4,8H,1-3H3. The SMILES string of the molecule is Cc1cc(N(C)C)nc([NH])n1. The second-order valence-electron chi connectivity index (χ2n) is 2.59. The lowest BCUT2D eigenvalue weighted by molar-refractivity contribution is 1.00. The predicted molar refractivity (Wildman–Crippen MR) is 43.9 cm³/mol. The van der Waals surface area contributed by atoms with E-state index in [1.165, 1.54) is 0 Å². The van der Waals surface area contributed by atoms with Crippen molar-refractivity contribution < 1.29 is 0 Å². The molecule has 0 fully saturated rings. The zero-order valence-corrected chi connectivity index (χ0v) is 6.92. The summed E-state index contributed by atoms with van der Waals surface area (Å²) in [6.45, 7) is 1.85. The van der Waals surface area contributed by atoms with Crippen molar-refractivity contribution in [2.75, 3.05) is 19.0 Å². The molecule has 0 spiro atoms. The number of nitrogens with zero attached hydrogens (tertiary/aromatic N) is 3. The van der Waals surface area contributed by atoms with Crippen molar-refractivity contribution in [2.24, 2.45) is 0 Å². The Kier molecular flexibility index (Phi) is 1.94. The maximum Gasteiger partial charge on any atom is 0.243 e. The average Bonchev–Trinajstić information content (AvgIpc) is 1.85. The Bertz CT molecular complexity index is 236. The molecule has 0 bridgehead atoms. The minimum Gasteiger partial charge on any atom is -0.363 e. The highest BCUT2D eigenvalue weighted by Crippen LogP contribution is 2.09. The molecule has 0 aliphatic rings. The quantitative estimate of drug-likeness (QED) is 0.595. The zero-order valence-electron chi connectivity index (χ0n) is 6.92. The topological polar surface area (TPSA) is 52.8 Å². The molecule has 0 saturated heterocycles. The minimum absolute atomic E-state index is 0.0775. The molecule has 4 nitrogen and oxygen atoms in total. The van der Waals surface area contributed by atoms with E-state index in [-0.39, 0.29) is 5.95 Å². The summed E-state index contributed by atoms with van der Waals surface area (Å²) in [5.74, 6) is 0.858. The largest absolute Gasteiger partial charge is 0.363 e. The first kappa shape index (κ1) is 7.78. The van der Waals surface area contributed by atoms with Gasteiger partial charge in [0.1, 0.15) is 5.82 Å². The lowest BCUT2D eigenvalue weighted by Gasteiger charge is -2.10. The third kappa shape index (κ3) is 1.80. The Labute approximate surface area is 66.1 Å².